The van der Waals surface area contributed by atoms with Crippen LogP contribution in [0.1, 0.15) is 78.1 Å². The Morgan fingerprint density at radius 1 is 0.952 bits per heavy atom. The fourth-order valence-corrected chi connectivity index (χ4v) is 2.16. The standard InChI is InChI=1S/C16H30O5/c1-3-5-7-8-9-13(17)11-16(20)21-14(10-6-4-2)12-15(18)19/h13-14,17H,3-12H2,1-2H3,(H,18,19). The van der Waals surface area contributed by atoms with Crippen molar-refractivity contribution in [1.29, 1.82) is 0 Å². The molecule has 2 unspecified atom stereocenters. The van der Waals surface area contributed by atoms with Crippen molar-refractivity contribution >= 4 is 11.9 Å². The number of carboxylic acid groups (broad SMARTS) is 1. The molecule has 0 aliphatic rings. The van der Waals surface area contributed by atoms with Crippen molar-refractivity contribution in [3.05, 3.63) is 0 Å². The summed E-state index contributed by atoms with van der Waals surface area (Å²) in [7, 11) is 0. The minimum absolute atomic E-state index is 0.0473. The van der Waals surface area contributed by atoms with Crippen molar-refractivity contribution < 1.29 is 24.5 Å². The van der Waals surface area contributed by atoms with Gasteiger partial charge in [-0.1, -0.05) is 52.4 Å². The highest BCUT2D eigenvalue weighted by Crippen LogP contribution is 2.13. The maximum Gasteiger partial charge on any atom is 0.308 e. The van der Waals surface area contributed by atoms with E-state index in [1.54, 1.807) is 0 Å². The summed E-state index contributed by atoms with van der Waals surface area (Å²) in [5.41, 5.74) is 0. The van der Waals surface area contributed by atoms with Gasteiger partial charge in [0.05, 0.1) is 18.9 Å². The summed E-state index contributed by atoms with van der Waals surface area (Å²) >= 11 is 0. The van der Waals surface area contributed by atoms with Gasteiger partial charge in [-0.2, -0.15) is 0 Å². The van der Waals surface area contributed by atoms with Gasteiger partial charge < -0.3 is 14.9 Å². The predicted molar refractivity (Wildman–Crippen MR) is 81.0 cm³/mol. The van der Waals surface area contributed by atoms with Crippen molar-refractivity contribution in [1.82, 2.24) is 0 Å². The van der Waals surface area contributed by atoms with E-state index in [0.717, 1.165) is 38.5 Å². The normalized spacial score (nSPS) is 13.7. The van der Waals surface area contributed by atoms with E-state index < -0.39 is 24.1 Å². The van der Waals surface area contributed by atoms with Gasteiger partial charge in [-0.05, 0) is 12.8 Å². The van der Waals surface area contributed by atoms with E-state index in [2.05, 4.69) is 6.92 Å². The van der Waals surface area contributed by atoms with Crippen molar-refractivity contribution in [3.8, 4) is 0 Å². The van der Waals surface area contributed by atoms with E-state index in [0.29, 0.717) is 12.8 Å². The number of esters is 1. The zero-order valence-corrected chi connectivity index (χ0v) is 13.3. The number of hydrogen-bond donors (Lipinski definition) is 2. The van der Waals surface area contributed by atoms with Gasteiger partial charge in [0.15, 0.2) is 0 Å². The first kappa shape index (κ1) is 19.9. The quantitative estimate of drug-likeness (QED) is 0.403. The summed E-state index contributed by atoms with van der Waals surface area (Å²) in [5.74, 6) is -1.47. The molecule has 2 atom stereocenters. The lowest BCUT2D eigenvalue weighted by atomic mass is 10.1. The molecule has 0 aromatic heterocycles. The topological polar surface area (TPSA) is 83.8 Å². The maximum atomic E-state index is 11.7. The molecule has 124 valence electrons. The highest BCUT2D eigenvalue weighted by molar-refractivity contribution is 5.71. The zero-order valence-electron chi connectivity index (χ0n) is 13.3. The van der Waals surface area contributed by atoms with Crippen LogP contribution in [0.5, 0.6) is 0 Å². The highest BCUT2D eigenvalue weighted by Gasteiger charge is 2.19. The van der Waals surface area contributed by atoms with Crippen molar-refractivity contribution in [2.45, 2.75) is 90.3 Å². The van der Waals surface area contributed by atoms with Crippen LogP contribution in [0.15, 0.2) is 0 Å². The van der Waals surface area contributed by atoms with E-state index in [1.165, 1.54) is 0 Å². The Kier molecular flexibility index (Phi) is 12.0. The van der Waals surface area contributed by atoms with Crippen molar-refractivity contribution in [2.24, 2.45) is 0 Å². The Hall–Kier alpha value is -1.10. The van der Waals surface area contributed by atoms with Crippen LogP contribution in [0.2, 0.25) is 0 Å². The second kappa shape index (κ2) is 12.6. The molecule has 0 saturated carbocycles. The molecule has 0 aromatic rings. The Morgan fingerprint density at radius 3 is 2.19 bits per heavy atom. The van der Waals surface area contributed by atoms with Crippen LogP contribution in [0.25, 0.3) is 0 Å². The second-order valence-corrected chi connectivity index (χ2v) is 5.56. The SMILES string of the molecule is CCCCCCC(O)CC(=O)OC(CCCC)CC(=O)O. The maximum absolute atomic E-state index is 11.7. The number of rotatable bonds is 13. The molecule has 0 fully saturated rings. The van der Waals surface area contributed by atoms with Crippen LogP contribution in [0.3, 0.4) is 0 Å². The summed E-state index contributed by atoms with van der Waals surface area (Å²) in [5, 5.41) is 18.6. The summed E-state index contributed by atoms with van der Waals surface area (Å²) in [6.45, 7) is 4.12. The number of aliphatic hydroxyl groups is 1. The number of ether oxygens (including phenoxy) is 1. The first-order chi connectivity index (χ1) is 9.99. The average molecular weight is 302 g/mol. The summed E-state index contributed by atoms with van der Waals surface area (Å²) in [6.07, 6.45) is 5.63. The molecule has 2 N–H and O–H groups in total. The lowest BCUT2D eigenvalue weighted by Crippen LogP contribution is -2.24. The van der Waals surface area contributed by atoms with Crippen molar-refractivity contribution in [2.75, 3.05) is 0 Å². The van der Waals surface area contributed by atoms with Crippen LogP contribution in [-0.4, -0.2) is 34.4 Å². The lowest BCUT2D eigenvalue weighted by Gasteiger charge is -2.17. The molecule has 0 heterocycles. The summed E-state index contributed by atoms with van der Waals surface area (Å²) < 4.78 is 5.18. The predicted octanol–water partition coefficient (Wildman–Crippen LogP) is 3.28. The van der Waals surface area contributed by atoms with Crippen LogP contribution >= 0.6 is 0 Å². The largest absolute Gasteiger partial charge is 0.481 e. The average Bonchev–Trinajstić information content (AvgIpc) is 2.40. The minimum Gasteiger partial charge on any atom is -0.481 e. The molecule has 0 amide bonds. The molecule has 0 bridgehead atoms. The van der Waals surface area contributed by atoms with Crippen molar-refractivity contribution in [3.63, 3.8) is 0 Å². The second-order valence-electron chi connectivity index (χ2n) is 5.56. The number of aliphatic hydroxyl groups excluding tert-OH is 1. The molecular formula is C16H30O5. The molecule has 21 heavy (non-hydrogen) atoms. The van der Waals surface area contributed by atoms with Gasteiger partial charge in [0, 0.05) is 0 Å². The van der Waals surface area contributed by atoms with Crippen LogP contribution in [0.4, 0.5) is 0 Å². The highest BCUT2D eigenvalue weighted by atomic mass is 16.5. The van der Waals surface area contributed by atoms with E-state index in [1.807, 2.05) is 6.92 Å². The van der Waals surface area contributed by atoms with E-state index in [-0.39, 0.29) is 12.8 Å². The van der Waals surface area contributed by atoms with E-state index >= 15 is 0 Å². The third-order valence-corrected chi connectivity index (χ3v) is 3.37. The first-order valence-electron chi connectivity index (χ1n) is 8.08. The Labute approximate surface area is 127 Å². The van der Waals surface area contributed by atoms with Gasteiger partial charge in [0.25, 0.3) is 0 Å². The smallest absolute Gasteiger partial charge is 0.308 e. The molecule has 0 aliphatic heterocycles. The molecule has 0 radical (unpaired) electrons. The van der Waals surface area contributed by atoms with E-state index in [9.17, 15) is 14.7 Å². The molecule has 0 aromatic carbocycles. The van der Waals surface area contributed by atoms with Gasteiger partial charge in [-0.15, -0.1) is 0 Å². The Morgan fingerprint density at radius 2 is 1.62 bits per heavy atom. The monoisotopic (exact) mass is 302 g/mol. The van der Waals surface area contributed by atoms with Gasteiger partial charge >= 0.3 is 11.9 Å². The molecular weight excluding hydrogens is 272 g/mol. The molecule has 5 nitrogen and oxygen atoms in total. The van der Waals surface area contributed by atoms with Crippen LogP contribution in [0, 0.1) is 0 Å². The van der Waals surface area contributed by atoms with Crippen LogP contribution in [-0.2, 0) is 14.3 Å². The molecule has 0 rings (SSSR count). The fraction of sp³-hybridized carbons (Fsp3) is 0.875. The first-order valence-corrected chi connectivity index (χ1v) is 8.08. The van der Waals surface area contributed by atoms with Gasteiger partial charge in [-0.3, -0.25) is 9.59 Å². The Balaban J connectivity index is 4.01. The number of carboxylic acids is 1. The molecule has 0 saturated heterocycles. The number of carbonyl (C=O) groups excluding carboxylic acids is 1. The Bertz CT molecular complexity index is 290. The zero-order chi connectivity index (χ0) is 16.1. The molecule has 0 spiro atoms. The van der Waals surface area contributed by atoms with Gasteiger partial charge in [0.1, 0.15) is 6.10 Å². The third-order valence-electron chi connectivity index (χ3n) is 3.37. The minimum atomic E-state index is -0.969. The summed E-state index contributed by atoms with van der Waals surface area (Å²) in [6, 6.07) is 0. The number of carbonyl (C=O) groups is 2. The van der Waals surface area contributed by atoms with E-state index in [4.69, 9.17) is 9.84 Å². The fourth-order valence-electron chi connectivity index (χ4n) is 2.16. The number of hydrogen-bond acceptors (Lipinski definition) is 4. The van der Waals surface area contributed by atoms with Crippen LogP contribution < -0.4 is 0 Å². The molecule has 0 aliphatic carbocycles. The number of aliphatic carboxylic acids is 1. The number of unbranched alkanes of at least 4 members (excludes halogenated alkanes) is 4. The summed E-state index contributed by atoms with van der Waals surface area (Å²) in [4.78, 5) is 22.5. The van der Waals surface area contributed by atoms with Gasteiger partial charge in [-0.25, -0.2) is 0 Å². The third kappa shape index (κ3) is 12.4. The molecule has 5 heteroatoms. The van der Waals surface area contributed by atoms with Gasteiger partial charge in [0.2, 0.25) is 0 Å². The lowest BCUT2D eigenvalue weighted by molar-refractivity contribution is -0.155.